The van der Waals surface area contributed by atoms with Gasteiger partial charge < -0.3 is 10.5 Å². The smallest absolute Gasteiger partial charge is 0.298 e. The Morgan fingerprint density at radius 1 is 1.10 bits per heavy atom. The third kappa shape index (κ3) is 2.00. The molecule has 0 saturated heterocycles. The van der Waals surface area contributed by atoms with Crippen molar-refractivity contribution in [2.45, 2.75) is 18.8 Å². The lowest BCUT2D eigenvalue weighted by atomic mass is 10.1. The first-order chi connectivity index (χ1) is 9.81. The monoisotopic (exact) mass is 283 g/mol. The number of benzene rings is 2. The van der Waals surface area contributed by atoms with E-state index in [2.05, 4.69) is 9.36 Å². The average Bonchev–Trinajstić information content (AvgIpc) is 3.23. The van der Waals surface area contributed by atoms with Crippen LogP contribution in [0.4, 0.5) is 5.69 Å². The molecule has 2 aromatic carbocycles. The van der Waals surface area contributed by atoms with Gasteiger partial charge in [-0.15, -0.1) is 0 Å². The van der Waals surface area contributed by atoms with Gasteiger partial charge >= 0.3 is 0 Å². The Morgan fingerprint density at radius 2 is 1.90 bits per heavy atom. The highest BCUT2D eigenvalue weighted by Gasteiger charge is 2.28. The summed E-state index contributed by atoms with van der Waals surface area (Å²) < 4.78 is 10.2. The lowest BCUT2D eigenvalue weighted by Gasteiger charge is -2.07. The normalized spacial score (nSPS) is 14.6. The van der Waals surface area contributed by atoms with E-state index in [9.17, 15) is 0 Å². The Bertz CT molecular complexity index is 780. The number of nitrogen functional groups attached to an aromatic ring is 1. The Hall–Kier alpha value is -2.14. The second-order valence-electron chi connectivity index (χ2n) is 4.99. The highest BCUT2D eigenvalue weighted by Crippen LogP contribution is 2.40. The molecule has 100 valence electrons. The van der Waals surface area contributed by atoms with Crippen LogP contribution in [-0.2, 0) is 0 Å². The van der Waals surface area contributed by atoms with Gasteiger partial charge in [0.05, 0.1) is 0 Å². The number of hydrogen-bond donors (Lipinski definition) is 1. The Labute approximate surface area is 120 Å². The number of hydrogen-bond acceptors (Lipinski definition) is 5. The number of fused-ring (bicyclic) bond motifs is 1. The molecular weight excluding hydrogens is 270 g/mol. The number of rotatable bonds is 3. The summed E-state index contributed by atoms with van der Waals surface area (Å²) in [6.45, 7) is 0. The molecule has 1 heterocycles. The van der Waals surface area contributed by atoms with Crippen molar-refractivity contribution in [3.05, 3.63) is 42.2 Å². The minimum absolute atomic E-state index is 0.548. The molecule has 4 rings (SSSR count). The topological polar surface area (TPSA) is 61.0 Å². The molecule has 0 bridgehead atoms. The first kappa shape index (κ1) is 11.7. The number of nitrogens with two attached hydrogens (primary N) is 1. The largest absolute Gasteiger partial charge is 0.429 e. The van der Waals surface area contributed by atoms with E-state index in [0.717, 1.165) is 28.0 Å². The van der Waals surface area contributed by atoms with Gasteiger partial charge in [-0.25, -0.2) is 0 Å². The van der Waals surface area contributed by atoms with Gasteiger partial charge in [-0.3, -0.25) is 0 Å². The zero-order valence-electron chi connectivity index (χ0n) is 10.7. The summed E-state index contributed by atoms with van der Waals surface area (Å²) in [5, 5.41) is 2.59. The first-order valence-electron chi connectivity index (χ1n) is 6.60. The fraction of sp³-hybridized carbons (Fsp3) is 0.200. The first-order valence-corrected chi connectivity index (χ1v) is 7.37. The molecule has 20 heavy (non-hydrogen) atoms. The van der Waals surface area contributed by atoms with Crippen LogP contribution in [0.3, 0.4) is 0 Å². The molecule has 0 spiro atoms. The van der Waals surface area contributed by atoms with E-state index in [4.69, 9.17) is 10.5 Å². The highest BCUT2D eigenvalue weighted by molar-refractivity contribution is 7.07. The van der Waals surface area contributed by atoms with E-state index in [1.807, 2.05) is 36.4 Å². The molecule has 0 aliphatic heterocycles. The molecule has 1 aromatic heterocycles. The zero-order chi connectivity index (χ0) is 13.5. The van der Waals surface area contributed by atoms with Gasteiger partial charge in [-0.1, -0.05) is 24.3 Å². The lowest BCUT2D eigenvalue weighted by Crippen LogP contribution is -1.90. The number of anilines is 1. The number of nitrogens with zero attached hydrogens (tertiary/aromatic N) is 2. The molecule has 0 radical (unpaired) electrons. The van der Waals surface area contributed by atoms with E-state index in [1.165, 1.54) is 24.4 Å². The van der Waals surface area contributed by atoms with Crippen molar-refractivity contribution in [2.24, 2.45) is 0 Å². The van der Waals surface area contributed by atoms with Crippen LogP contribution >= 0.6 is 11.5 Å². The minimum Gasteiger partial charge on any atom is -0.429 e. The standard InChI is InChI=1S/C15H13N3OS/c16-12-7-8-13(11-4-2-1-3-10(11)12)19-15-17-14(18-20-15)9-5-6-9/h1-4,7-9H,5-6,16H2. The minimum atomic E-state index is 0.548. The summed E-state index contributed by atoms with van der Waals surface area (Å²) in [6.07, 6.45) is 2.39. The number of aromatic nitrogens is 2. The molecule has 3 aromatic rings. The molecule has 1 aliphatic carbocycles. The summed E-state index contributed by atoms with van der Waals surface area (Å²) in [7, 11) is 0. The molecule has 1 fully saturated rings. The van der Waals surface area contributed by atoms with Crippen molar-refractivity contribution in [1.29, 1.82) is 0 Å². The molecule has 1 saturated carbocycles. The van der Waals surface area contributed by atoms with E-state index >= 15 is 0 Å². The van der Waals surface area contributed by atoms with Crippen molar-refractivity contribution in [3.63, 3.8) is 0 Å². The Balaban J connectivity index is 1.72. The predicted octanol–water partition coefficient (Wildman–Crippen LogP) is 3.94. The molecule has 0 amide bonds. The molecular formula is C15H13N3OS. The third-order valence-corrected chi connectivity index (χ3v) is 4.09. The van der Waals surface area contributed by atoms with Crippen LogP contribution in [0.25, 0.3) is 10.8 Å². The fourth-order valence-electron chi connectivity index (χ4n) is 2.25. The lowest BCUT2D eigenvalue weighted by molar-refractivity contribution is 0.482. The summed E-state index contributed by atoms with van der Waals surface area (Å²) in [5.74, 6) is 2.24. The maximum atomic E-state index is 5.99. The van der Waals surface area contributed by atoms with Gasteiger partial charge in [-0.2, -0.15) is 9.36 Å². The van der Waals surface area contributed by atoms with Crippen LogP contribution in [0.2, 0.25) is 0 Å². The maximum absolute atomic E-state index is 5.99. The molecule has 2 N–H and O–H groups in total. The molecule has 5 heteroatoms. The van der Waals surface area contributed by atoms with E-state index in [-0.39, 0.29) is 0 Å². The second-order valence-corrected chi connectivity index (χ2v) is 5.71. The summed E-state index contributed by atoms with van der Waals surface area (Å²) in [6, 6.07) is 11.7. The van der Waals surface area contributed by atoms with Crippen LogP contribution in [-0.4, -0.2) is 9.36 Å². The van der Waals surface area contributed by atoms with E-state index in [1.54, 1.807) is 0 Å². The van der Waals surface area contributed by atoms with E-state index in [0.29, 0.717) is 11.1 Å². The van der Waals surface area contributed by atoms with Crippen molar-refractivity contribution in [3.8, 4) is 10.9 Å². The van der Waals surface area contributed by atoms with Crippen LogP contribution in [0.5, 0.6) is 10.9 Å². The molecule has 0 atom stereocenters. The van der Waals surface area contributed by atoms with Gasteiger partial charge in [0.15, 0.2) is 0 Å². The van der Waals surface area contributed by atoms with Crippen molar-refractivity contribution in [1.82, 2.24) is 9.36 Å². The van der Waals surface area contributed by atoms with E-state index < -0.39 is 0 Å². The summed E-state index contributed by atoms with van der Waals surface area (Å²) in [4.78, 5) is 4.45. The van der Waals surface area contributed by atoms with Gasteiger partial charge in [0.2, 0.25) is 0 Å². The third-order valence-electron chi connectivity index (χ3n) is 3.48. The quantitative estimate of drug-likeness (QED) is 0.739. The SMILES string of the molecule is Nc1ccc(Oc2nc(C3CC3)ns2)c2ccccc12. The summed E-state index contributed by atoms with van der Waals surface area (Å²) >= 11 is 1.31. The van der Waals surface area contributed by atoms with Crippen LogP contribution in [0.15, 0.2) is 36.4 Å². The van der Waals surface area contributed by atoms with Gasteiger partial charge in [0, 0.05) is 33.9 Å². The van der Waals surface area contributed by atoms with Crippen LogP contribution in [0.1, 0.15) is 24.6 Å². The van der Waals surface area contributed by atoms with Crippen LogP contribution < -0.4 is 10.5 Å². The van der Waals surface area contributed by atoms with Crippen molar-refractivity contribution < 1.29 is 4.74 Å². The number of ether oxygens (including phenoxy) is 1. The Morgan fingerprint density at radius 3 is 2.70 bits per heavy atom. The Kier molecular flexibility index (Phi) is 2.60. The van der Waals surface area contributed by atoms with Gasteiger partial charge in [-0.05, 0) is 25.0 Å². The summed E-state index contributed by atoms with van der Waals surface area (Å²) in [5.41, 5.74) is 6.74. The van der Waals surface area contributed by atoms with Gasteiger partial charge in [0.1, 0.15) is 11.6 Å². The average molecular weight is 283 g/mol. The van der Waals surface area contributed by atoms with Crippen molar-refractivity contribution in [2.75, 3.05) is 5.73 Å². The molecule has 1 aliphatic rings. The maximum Gasteiger partial charge on any atom is 0.298 e. The highest BCUT2D eigenvalue weighted by atomic mass is 32.1. The predicted molar refractivity (Wildman–Crippen MR) is 80.3 cm³/mol. The zero-order valence-corrected chi connectivity index (χ0v) is 11.6. The molecule has 4 nitrogen and oxygen atoms in total. The van der Waals surface area contributed by atoms with Crippen molar-refractivity contribution >= 4 is 28.0 Å². The fourth-order valence-corrected chi connectivity index (χ4v) is 2.87. The second kappa shape index (κ2) is 4.45. The molecule has 0 unspecified atom stereocenters. The van der Waals surface area contributed by atoms with Crippen LogP contribution in [0, 0.1) is 0 Å². The van der Waals surface area contributed by atoms with Gasteiger partial charge in [0.25, 0.3) is 5.19 Å².